The SMILES string of the molecule is CC1([C@H](NC(=O)NC2(CS(=O)(=O)C(C)(C)C)CCCCC2)C(=O)N2C[C@H]3[C@@H]([C@H]2C(=O)NC(CC2CC2)C(=O)C(=O)NCC2CC2)C3(C)C)CCCCC1. The van der Waals surface area contributed by atoms with E-state index in [4.69, 9.17) is 0 Å². The Morgan fingerprint density at radius 3 is 1.96 bits per heavy atom. The molecular weight excluding hydrogens is 695 g/mol. The molecule has 298 valence electrons. The fourth-order valence-corrected chi connectivity index (χ4v) is 11.2. The first-order valence-electron chi connectivity index (χ1n) is 20.5. The maximum atomic E-state index is 15.0. The number of piperidine rings is 1. The highest BCUT2D eigenvalue weighted by atomic mass is 32.2. The van der Waals surface area contributed by atoms with Crippen LogP contribution in [0, 0.1) is 34.5 Å². The Bertz CT molecular complexity index is 1550. The van der Waals surface area contributed by atoms with Crippen LogP contribution in [-0.4, -0.2) is 90.1 Å². The summed E-state index contributed by atoms with van der Waals surface area (Å²) in [5, 5.41) is 11.9. The number of rotatable bonds is 14. The van der Waals surface area contributed by atoms with Gasteiger partial charge in [0.05, 0.1) is 22.1 Å². The summed E-state index contributed by atoms with van der Waals surface area (Å²) in [6.45, 7) is 12.1. The van der Waals surface area contributed by atoms with Crippen LogP contribution in [0.2, 0.25) is 0 Å². The molecule has 0 radical (unpaired) electrons. The monoisotopic (exact) mass is 759 g/mol. The van der Waals surface area contributed by atoms with Gasteiger partial charge in [0.1, 0.15) is 12.1 Å². The molecule has 0 bridgehead atoms. The summed E-state index contributed by atoms with van der Waals surface area (Å²) in [7, 11) is -3.56. The molecule has 4 N–H and O–H groups in total. The van der Waals surface area contributed by atoms with E-state index in [0.717, 1.165) is 77.0 Å². The highest BCUT2D eigenvalue weighted by Gasteiger charge is 2.70. The van der Waals surface area contributed by atoms with Crippen LogP contribution in [0.4, 0.5) is 4.79 Å². The minimum atomic E-state index is -3.56. The smallest absolute Gasteiger partial charge is 0.315 e. The number of likely N-dealkylation sites (tertiary alicyclic amines) is 1. The van der Waals surface area contributed by atoms with Crippen molar-refractivity contribution in [1.29, 1.82) is 0 Å². The highest BCUT2D eigenvalue weighted by Crippen LogP contribution is 2.65. The van der Waals surface area contributed by atoms with Crippen molar-refractivity contribution in [3.8, 4) is 0 Å². The van der Waals surface area contributed by atoms with Gasteiger partial charge in [-0.15, -0.1) is 0 Å². The van der Waals surface area contributed by atoms with Crippen molar-refractivity contribution >= 4 is 39.4 Å². The van der Waals surface area contributed by atoms with Gasteiger partial charge < -0.3 is 26.2 Å². The Balaban J connectivity index is 1.23. The number of hydrogen-bond donors (Lipinski definition) is 4. The second-order valence-corrected chi connectivity index (χ2v) is 22.3. The lowest BCUT2D eigenvalue weighted by atomic mass is 9.70. The summed E-state index contributed by atoms with van der Waals surface area (Å²) in [5.41, 5.74) is -1.69. The molecule has 12 nitrogen and oxygen atoms in total. The van der Waals surface area contributed by atoms with Crippen molar-refractivity contribution in [3.63, 3.8) is 0 Å². The third-order valence-electron chi connectivity index (χ3n) is 13.9. The quantitative estimate of drug-likeness (QED) is 0.190. The minimum absolute atomic E-state index is 0.0865. The van der Waals surface area contributed by atoms with Crippen molar-refractivity contribution in [2.45, 2.75) is 166 Å². The zero-order valence-electron chi connectivity index (χ0n) is 33.0. The van der Waals surface area contributed by atoms with E-state index in [2.05, 4.69) is 35.1 Å². The molecule has 1 heterocycles. The Kier molecular flexibility index (Phi) is 11.1. The molecule has 5 atom stereocenters. The van der Waals surface area contributed by atoms with Gasteiger partial charge in [-0.3, -0.25) is 19.2 Å². The predicted octanol–water partition coefficient (Wildman–Crippen LogP) is 4.40. The maximum absolute atomic E-state index is 15.0. The van der Waals surface area contributed by atoms with Crippen molar-refractivity contribution in [2.75, 3.05) is 18.8 Å². The van der Waals surface area contributed by atoms with Gasteiger partial charge in [0.25, 0.3) is 5.91 Å². The van der Waals surface area contributed by atoms with Gasteiger partial charge in [0, 0.05) is 13.1 Å². The number of carbonyl (C=O) groups excluding carboxylic acids is 5. The number of hydrogen-bond acceptors (Lipinski definition) is 7. The molecule has 6 rings (SSSR count). The Hall–Kier alpha value is -2.70. The van der Waals surface area contributed by atoms with E-state index >= 15 is 0 Å². The zero-order valence-corrected chi connectivity index (χ0v) is 33.8. The van der Waals surface area contributed by atoms with Crippen LogP contribution in [0.1, 0.15) is 138 Å². The molecule has 1 aliphatic heterocycles. The second-order valence-electron chi connectivity index (χ2n) is 19.6. The predicted molar refractivity (Wildman–Crippen MR) is 202 cm³/mol. The van der Waals surface area contributed by atoms with Crippen molar-refractivity contribution < 1.29 is 32.4 Å². The average molecular weight is 760 g/mol. The van der Waals surface area contributed by atoms with Gasteiger partial charge >= 0.3 is 6.03 Å². The van der Waals surface area contributed by atoms with Crippen LogP contribution in [0.5, 0.6) is 0 Å². The Labute approximate surface area is 316 Å². The lowest BCUT2D eigenvalue weighted by Gasteiger charge is -2.44. The van der Waals surface area contributed by atoms with Crippen LogP contribution < -0.4 is 21.3 Å². The molecule has 0 aromatic rings. The molecule has 53 heavy (non-hydrogen) atoms. The third-order valence-corrected chi connectivity index (χ3v) is 16.7. The topological polar surface area (TPSA) is 171 Å². The fraction of sp³-hybridized carbons (Fsp3) is 0.875. The lowest BCUT2D eigenvalue weighted by molar-refractivity contribution is -0.146. The van der Waals surface area contributed by atoms with Gasteiger partial charge in [0.15, 0.2) is 9.84 Å². The first-order chi connectivity index (χ1) is 24.8. The molecule has 0 aromatic carbocycles. The third kappa shape index (κ3) is 8.75. The van der Waals surface area contributed by atoms with Crippen LogP contribution in [0.25, 0.3) is 0 Å². The van der Waals surface area contributed by atoms with Crippen molar-refractivity contribution in [1.82, 2.24) is 26.2 Å². The molecule has 0 aromatic heterocycles. The Morgan fingerprint density at radius 2 is 1.40 bits per heavy atom. The lowest BCUT2D eigenvalue weighted by Crippen LogP contribution is -2.65. The summed E-state index contributed by atoms with van der Waals surface area (Å²) in [4.78, 5) is 71.4. The van der Waals surface area contributed by atoms with Gasteiger partial charge in [-0.25, -0.2) is 13.2 Å². The van der Waals surface area contributed by atoms with Crippen LogP contribution in [0.15, 0.2) is 0 Å². The molecule has 13 heteroatoms. The number of nitrogens with one attached hydrogen (secondary N) is 4. The summed E-state index contributed by atoms with van der Waals surface area (Å²) in [5.74, 6) is -1.56. The van der Waals surface area contributed by atoms with Gasteiger partial charge in [-0.2, -0.15) is 0 Å². The average Bonchev–Trinajstić information content (AvgIpc) is 4.04. The first-order valence-corrected chi connectivity index (χ1v) is 22.2. The van der Waals surface area contributed by atoms with Gasteiger partial charge in [0.2, 0.25) is 17.6 Å². The molecule has 1 saturated heterocycles. The summed E-state index contributed by atoms with van der Waals surface area (Å²) >= 11 is 0. The van der Waals surface area contributed by atoms with Crippen LogP contribution in [0.3, 0.4) is 0 Å². The first kappa shape index (κ1) is 40.0. The number of Topliss-reactive ketones (excluding diaryl/α,β-unsaturated/α-hetero) is 1. The number of amides is 5. The number of nitrogens with zero attached hydrogens (tertiary/aromatic N) is 1. The normalized spacial score (nSPS) is 28.5. The van der Waals surface area contributed by atoms with E-state index in [9.17, 15) is 32.4 Å². The number of fused-ring (bicyclic) bond motifs is 1. The van der Waals surface area contributed by atoms with E-state index in [0.29, 0.717) is 38.3 Å². The molecule has 6 fully saturated rings. The minimum Gasteiger partial charge on any atom is -0.349 e. The standard InChI is InChI=1S/C40H65N5O7S/c1-37(2,3)53(51,52)24-40(19-11-8-12-20-40)44-36(50)43-32(39(6)17-9-7-10-18-39)35(49)45-23-27-29(38(27,4)5)30(45)33(47)42-28(21-25-13-14-25)31(46)34(48)41-22-26-15-16-26/h25-30,32H,7-24H2,1-6H3,(H,41,48)(H,42,47)(H2,43,44,50)/t27-,28?,29-,30-,32+/m0/s1. The Morgan fingerprint density at radius 1 is 0.811 bits per heavy atom. The summed E-state index contributed by atoms with van der Waals surface area (Å²) < 4.78 is 25.9. The molecule has 1 unspecified atom stereocenters. The number of carbonyl (C=O) groups is 5. The summed E-state index contributed by atoms with van der Waals surface area (Å²) in [6, 6.07) is -3.29. The van der Waals surface area contributed by atoms with Crippen molar-refractivity contribution in [2.24, 2.45) is 34.5 Å². The van der Waals surface area contributed by atoms with E-state index in [1.807, 2.05) is 6.92 Å². The molecular formula is C40H65N5O7S. The molecule has 5 aliphatic carbocycles. The molecule has 5 saturated carbocycles. The van der Waals surface area contributed by atoms with Crippen LogP contribution >= 0.6 is 0 Å². The largest absolute Gasteiger partial charge is 0.349 e. The van der Waals surface area contributed by atoms with Gasteiger partial charge in [-0.05, 0) is 100 Å². The second kappa shape index (κ2) is 14.8. The van der Waals surface area contributed by atoms with Gasteiger partial charge in [-0.1, -0.05) is 72.1 Å². The fourth-order valence-electron chi connectivity index (χ4n) is 9.66. The number of sulfone groups is 1. The van der Waals surface area contributed by atoms with Crippen LogP contribution in [-0.2, 0) is 29.0 Å². The van der Waals surface area contributed by atoms with Crippen molar-refractivity contribution in [3.05, 3.63) is 0 Å². The van der Waals surface area contributed by atoms with E-state index in [1.165, 1.54) is 0 Å². The highest BCUT2D eigenvalue weighted by molar-refractivity contribution is 7.92. The van der Waals surface area contributed by atoms with E-state index in [-0.39, 0.29) is 34.8 Å². The zero-order chi connectivity index (χ0) is 38.6. The molecule has 5 amide bonds. The number of ketones is 1. The molecule has 6 aliphatic rings. The maximum Gasteiger partial charge on any atom is 0.315 e. The van der Waals surface area contributed by atoms with E-state index < -0.39 is 67.3 Å². The van der Waals surface area contributed by atoms with E-state index in [1.54, 1.807) is 25.7 Å². The summed E-state index contributed by atoms with van der Waals surface area (Å²) in [6.07, 6.45) is 12.3. The molecule has 0 spiro atoms. The number of urea groups is 1.